The quantitative estimate of drug-likeness (QED) is 0.828. The molecule has 1 aromatic rings. The van der Waals surface area contributed by atoms with Crippen LogP contribution in [0.2, 0.25) is 0 Å². The van der Waals surface area contributed by atoms with Crippen LogP contribution >= 0.6 is 12.2 Å². The zero-order valence-corrected chi connectivity index (χ0v) is 14.1. The molecule has 0 spiro atoms. The highest BCUT2D eigenvalue weighted by Gasteiger charge is 2.34. The Bertz CT molecular complexity index is 651. The predicted molar refractivity (Wildman–Crippen MR) is 88.6 cm³/mol. The summed E-state index contributed by atoms with van der Waals surface area (Å²) in [7, 11) is 0. The Morgan fingerprint density at radius 3 is 2.35 bits per heavy atom. The van der Waals surface area contributed by atoms with Crippen molar-refractivity contribution in [2.75, 3.05) is 13.1 Å². The van der Waals surface area contributed by atoms with E-state index in [1.54, 1.807) is 11.8 Å². The Kier molecular flexibility index (Phi) is 5.30. The van der Waals surface area contributed by atoms with Crippen LogP contribution in [-0.4, -0.2) is 29.0 Å². The number of halogens is 2. The standard InChI is InChI=1S/C16H19F2N3OS/c1-4-21(5-2)15(22)12-9(3)19-16(23)20-14(12)13-10(17)7-6-8-11(13)18/h6-8,14H,4-5H2,1-3H3,(H2,19,20,23)/t14-/m1/s1. The number of nitrogens with one attached hydrogen (secondary N) is 2. The van der Waals surface area contributed by atoms with Gasteiger partial charge in [-0.3, -0.25) is 4.79 Å². The number of likely N-dealkylation sites (N-methyl/N-ethyl adjacent to an activating group) is 1. The number of amides is 1. The Balaban J connectivity index is 2.57. The van der Waals surface area contributed by atoms with Crippen molar-refractivity contribution < 1.29 is 13.6 Å². The first kappa shape index (κ1) is 17.3. The Morgan fingerprint density at radius 1 is 1.26 bits per heavy atom. The summed E-state index contributed by atoms with van der Waals surface area (Å²) in [6.07, 6.45) is 0. The number of carbonyl (C=O) groups is 1. The monoisotopic (exact) mass is 339 g/mol. The molecule has 1 aliphatic rings. The first-order valence-corrected chi connectivity index (χ1v) is 7.82. The summed E-state index contributed by atoms with van der Waals surface area (Å²) < 4.78 is 28.4. The number of hydrogen-bond acceptors (Lipinski definition) is 2. The summed E-state index contributed by atoms with van der Waals surface area (Å²) in [6.45, 7) is 6.39. The maximum Gasteiger partial charge on any atom is 0.253 e. The molecule has 1 amide bonds. The molecule has 0 bridgehead atoms. The molecule has 1 aliphatic heterocycles. The molecule has 23 heavy (non-hydrogen) atoms. The minimum Gasteiger partial charge on any atom is -0.351 e. The normalized spacial score (nSPS) is 17.6. The molecule has 0 fully saturated rings. The minimum absolute atomic E-state index is 0.203. The van der Waals surface area contributed by atoms with Crippen LogP contribution in [0.15, 0.2) is 29.5 Å². The summed E-state index contributed by atoms with van der Waals surface area (Å²) in [5.41, 5.74) is 0.566. The lowest BCUT2D eigenvalue weighted by atomic mass is 9.93. The molecule has 2 N–H and O–H groups in total. The summed E-state index contributed by atoms with van der Waals surface area (Å²) in [6, 6.07) is 2.66. The zero-order valence-electron chi connectivity index (χ0n) is 13.2. The van der Waals surface area contributed by atoms with E-state index in [9.17, 15) is 13.6 Å². The highest BCUT2D eigenvalue weighted by molar-refractivity contribution is 7.80. The van der Waals surface area contributed by atoms with E-state index < -0.39 is 17.7 Å². The number of nitrogens with zero attached hydrogens (tertiary/aromatic N) is 1. The van der Waals surface area contributed by atoms with Crippen LogP contribution in [0.3, 0.4) is 0 Å². The largest absolute Gasteiger partial charge is 0.351 e. The fourth-order valence-corrected chi connectivity index (χ4v) is 2.93. The summed E-state index contributed by atoms with van der Waals surface area (Å²) in [5.74, 6) is -1.71. The molecule has 7 heteroatoms. The fourth-order valence-electron chi connectivity index (χ4n) is 2.66. The van der Waals surface area contributed by atoms with E-state index in [2.05, 4.69) is 10.6 Å². The molecule has 0 radical (unpaired) electrons. The Morgan fingerprint density at radius 2 is 1.83 bits per heavy atom. The minimum atomic E-state index is -0.960. The summed E-state index contributed by atoms with van der Waals surface area (Å²) in [4.78, 5) is 14.4. The van der Waals surface area contributed by atoms with E-state index in [4.69, 9.17) is 12.2 Å². The van der Waals surface area contributed by atoms with Crippen molar-refractivity contribution in [2.24, 2.45) is 0 Å². The molecule has 1 atom stereocenters. The third-order valence-electron chi connectivity index (χ3n) is 3.84. The molecule has 0 aliphatic carbocycles. The number of rotatable bonds is 4. The molecule has 1 aromatic carbocycles. The van der Waals surface area contributed by atoms with Gasteiger partial charge in [0.25, 0.3) is 5.91 Å². The van der Waals surface area contributed by atoms with E-state index in [-0.39, 0.29) is 22.2 Å². The van der Waals surface area contributed by atoms with Crippen molar-refractivity contribution in [3.8, 4) is 0 Å². The van der Waals surface area contributed by atoms with Crippen molar-refractivity contribution in [1.82, 2.24) is 15.5 Å². The number of hydrogen-bond donors (Lipinski definition) is 2. The molecule has 0 saturated heterocycles. The number of carbonyl (C=O) groups excluding carboxylic acids is 1. The smallest absolute Gasteiger partial charge is 0.253 e. The Labute approximate surface area is 139 Å². The first-order chi connectivity index (χ1) is 10.9. The van der Waals surface area contributed by atoms with Crippen molar-refractivity contribution in [1.29, 1.82) is 0 Å². The second-order valence-corrected chi connectivity index (χ2v) is 5.59. The second kappa shape index (κ2) is 7.04. The lowest BCUT2D eigenvalue weighted by molar-refractivity contribution is -0.127. The number of thiocarbonyl (C=S) groups is 1. The lowest BCUT2D eigenvalue weighted by Gasteiger charge is -2.33. The highest BCUT2D eigenvalue weighted by atomic mass is 32.1. The van der Waals surface area contributed by atoms with E-state index in [1.165, 1.54) is 18.2 Å². The molecule has 0 aromatic heterocycles. The van der Waals surface area contributed by atoms with Gasteiger partial charge in [-0.15, -0.1) is 0 Å². The van der Waals surface area contributed by atoms with Gasteiger partial charge in [-0.1, -0.05) is 6.07 Å². The summed E-state index contributed by atoms with van der Waals surface area (Å²) in [5, 5.41) is 5.90. The fraction of sp³-hybridized carbons (Fsp3) is 0.375. The van der Waals surface area contributed by atoms with Gasteiger partial charge in [0.15, 0.2) is 5.11 Å². The van der Waals surface area contributed by atoms with Gasteiger partial charge in [0.05, 0.1) is 17.2 Å². The van der Waals surface area contributed by atoms with E-state index >= 15 is 0 Å². The molecule has 0 unspecified atom stereocenters. The van der Waals surface area contributed by atoms with E-state index in [0.29, 0.717) is 18.8 Å². The average Bonchev–Trinajstić information content (AvgIpc) is 2.47. The van der Waals surface area contributed by atoms with Gasteiger partial charge >= 0.3 is 0 Å². The third-order valence-corrected chi connectivity index (χ3v) is 4.06. The SMILES string of the molecule is CCN(CC)C(=O)C1=C(C)NC(=S)N[C@H]1c1c(F)cccc1F. The van der Waals surface area contributed by atoms with Crippen molar-refractivity contribution >= 4 is 23.2 Å². The Hall–Kier alpha value is -2.02. The van der Waals surface area contributed by atoms with Crippen molar-refractivity contribution in [3.63, 3.8) is 0 Å². The maximum atomic E-state index is 14.2. The summed E-state index contributed by atoms with van der Waals surface area (Å²) >= 11 is 5.08. The van der Waals surface area contributed by atoms with Crippen LogP contribution in [-0.2, 0) is 4.79 Å². The second-order valence-electron chi connectivity index (χ2n) is 5.18. The van der Waals surface area contributed by atoms with Crippen LogP contribution < -0.4 is 10.6 Å². The van der Waals surface area contributed by atoms with Crippen LogP contribution in [0.4, 0.5) is 8.78 Å². The number of allylic oxidation sites excluding steroid dienone is 1. The van der Waals surface area contributed by atoms with E-state index in [1.807, 2.05) is 13.8 Å². The molecule has 2 rings (SSSR count). The molecule has 0 saturated carbocycles. The highest BCUT2D eigenvalue weighted by Crippen LogP contribution is 2.31. The lowest BCUT2D eigenvalue weighted by Crippen LogP contribution is -2.48. The van der Waals surface area contributed by atoms with Crippen LogP contribution in [0.5, 0.6) is 0 Å². The van der Waals surface area contributed by atoms with Crippen LogP contribution in [0.1, 0.15) is 32.4 Å². The molecule has 1 heterocycles. The number of benzene rings is 1. The third kappa shape index (κ3) is 3.34. The van der Waals surface area contributed by atoms with Crippen molar-refractivity contribution in [3.05, 3.63) is 46.7 Å². The molecule has 124 valence electrons. The van der Waals surface area contributed by atoms with Gasteiger partial charge in [0.1, 0.15) is 11.6 Å². The van der Waals surface area contributed by atoms with Gasteiger partial charge in [0, 0.05) is 18.8 Å². The van der Waals surface area contributed by atoms with Crippen LogP contribution in [0.25, 0.3) is 0 Å². The average molecular weight is 339 g/mol. The predicted octanol–water partition coefficient (Wildman–Crippen LogP) is 2.63. The van der Waals surface area contributed by atoms with Gasteiger partial charge in [-0.25, -0.2) is 8.78 Å². The van der Waals surface area contributed by atoms with Gasteiger partial charge in [-0.2, -0.15) is 0 Å². The van der Waals surface area contributed by atoms with Gasteiger partial charge in [0.2, 0.25) is 0 Å². The van der Waals surface area contributed by atoms with Crippen molar-refractivity contribution in [2.45, 2.75) is 26.8 Å². The maximum absolute atomic E-state index is 14.2. The molecular formula is C16H19F2N3OS. The van der Waals surface area contributed by atoms with Gasteiger partial charge < -0.3 is 15.5 Å². The van der Waals surface area contributed by atoms with Crippen LogP contribution in [0, 0.1) is 11.6 Å². The molecule has 4 nitrogen and oxygen atoms in total. The van der Waals surface area contributed by atoms with E-state index in [0.717, 1.165) is 0 Å². The molecular weight excluding hydrogens is 320 g/mol. The zero-order chi connectivity index (χ0) is 17.1. The topological polar surface area (TPSA) is 44.4 Å². The first-order valence-electron chi connectivity index (χ1n) is 7.42. The van der Waals surface area contributed by atoms with Gasteiger partial charge in [-0.05, 0) is 45.1 Å².